The Bertz CT molecular complexity index is 973. The predicted molar refractivity (Wildman–Crippen MR) is 110 cm³/mol. The summed E-state index contributed by atoms with van der Waals surface area (Å²) >= 11 is 4.92. The maximum absolute atomic E-state index is 12.8. The maximum atomic E-state index is 12.8. The summed E-state index contributed by atoms with van der Waals surface area (Å²) < 4.78 is 19.8. The van der Waals surface area contributed by atoms with E-state index in [0.717, 1.165) is 21.4 Å². The first-order chi connectivity index (χ1) is 12.6. The zero-order chi connectivity index (χ0) is 19.8. The average molecular weight is 404 g/mol. The first-order valence-corrected chi connectivity index (χ1v) is 10.3. The quantitative estimate of drug-likeness (QED) is 0.527. The number of rotatable bonds is 3. The number of nitrogens with zero attached hydrogens (tertiary/aromatic N) is 1. The standard InChI is InChI=1S/C21H22ClNO3S/c1-14-5-8-17(9-6-14)27(25)13-15-12-23(20(24)26-21(2,3)4)19-10-7-16(22)11-18(15)19/h5-12H,13H2,1-4H3. The molecule has 0 saturated carbocycles. The van der Waals surface area contributed by atoms with E-state index in [4.69, 9.17) is 16.3 Å². The number of benzene rings is 2. The van der Waals surface area contributed by atoms with Crippen LogP contribution in [0.2, 0.25) is 5.02 Å². The highest BCUT2D eigenvalue weighted by molar-refractivity contribution is 7.90. The molecule has 1 aromatic heterocycles. The highest BCUT2D eigenvalue weighted by Gasteiger charge is 2.23. The SMILES string of the molecule is Cc1ccc([S+]([O-])Cc2cn(C(=O)OC(C)(C)C)c3ccc(Cl)cc23)cc1. The van der Waals surface area contributed by atoms with Crippen molar-refractivity contribution in [3.8, 4) is 0 Å². The molecule has 1 atom stereocenters. The fourth-order valence-electron chi connectivity index (χ4n) is 2.76. The number of hydrogen-bond donors (Lipinski definition) is 0. The van der Waals surface area contributed by atoms with Crippen molar-refractivity contribution in [2.45, 2.75) is 43.9 Å². The molecule has 0 N–H and O–H groups in total. The molecule has 1 heterocycles. The van der Waals surface area contributed by atoms with E-state index in [0.29, 0.717) is 10.5 Å². The maximum Gasteiger partial charge on any atom is 0.419 e. The molecule has 3 rings (SSSR count). The summed E-state index contributed by atoms with van der Waals surface area (Å²) in [7, 11) is 0. The predicted octanol–water partition coefficient (Wildman–Crippen LogP) is 5.69. The van der Waals surface area contributed by atoms with Gasteiger partial charge in [-0.25, -0.2) is 4.79 Å². The molecule has 6 heteroatoms. The second-order valence-corrected chi connectivity index (χ2v) is 9.36. The molecule has 0 aliphatic carbocycles. The minimum absolute atomic E-state index is 0.287. The van der Waals surface area contributed by atoms with Crippen LogP contribution in [0, 0.1) is 6.92 Å². The lowest BCUT2D eigenvalue weighted by molar-refractivity contribution is 0.0544. The van der Waals surface area contributed by atoms with Crippen LogP contribution >= 0.6 is 11.6 Å². The van der Waals surface area contributed by atoms with Gasteiger partial charge in [0.25, 0.3) is 0 Å². The van der Waals surface area contributed by atoms with Crippen molar-refractivity contribution in [3.63, 3.8) is 0 Å². The molecular formula is C21H22ClNO3S. The Balaban J connectivity index is 1.98. The second-order valence-electron chi connectivity index (χ2n) is 7.47. The zero-order valence-electron chi connectivity index (χ0n) is 15.8. The lowest BCUT2D eigenvalue weighted by Crippen LogP contribution is -2.26. The Morgan fingerprint density at radius 2 is 1.85 bits per heavy atom. The van der Waals surface area contributed by atoms with Gasteiger partial charge in [-0.05, 0) is 69.2 Å². The summed E-state index contributed by atoms with van der Waals surface area (Å²) in [5, 5.41) is 1.36. The summed E-state index contributed by atoms with van der Waals surface area (Å²) in [6, 6.07) is 12.9. The largest absolute Gasteiger partial charge is 0.611 e. The zero-order valence-corrected chi connectivity index (χ0v) is 17.4. The Hall–Kier alpha value is -1.95. The highest BCUT2D eigenvalue weighted by atomic mass is 35.5. The Kier molecular flexibility index (Phi) is 5.56. The van der Waals surface area contributed by atoms with Crippen LogP contribution in [0.5, 0.6) is 0 Å². The molecule has 27 heavy (non-hydrogen) atoms. The molecule has 142 valence electrons. The number of halogens is 1. The molecule has 4 nitrogen and oxygen atoms in total. The normalized spacial score (nSPS) is 13.0. The molecular weight excluding hydrogens is 382 g/mol. The molecule has 0 fully saturated rings. The number of hydrogen-bond acceptors (Lipinski definition) is 3. The second kappa shape index (κ2) is 7.58. The number of fused-ring (bicyclic) bond motifs is 1. The molecule has 2 aromatic carbocycles. The Labute approximate surface area is 167 Å². The van der Waals surface area contributed by atoms with Gasteiger partial charge in [-0.1, -0.05) is 29.3 Å². The van der Waals surface area contributed by atoms with E-state index < -0.39 is 22.9 Å². The molecule has 0 aliphatic rings. The highest BCUT2D eigenvalue weighted by Crippen LogP contribution is 2.29. The summed E-state index contributed by atoms with van der Waals surface area (Å²) in [5.41, 5.74) is 1.98. The van der Waals surface area contributed by atoms with Gasteiger partial charge in [-0.3, -0.25) is 4.57 Å². The summed E-state index contributed by atoms with van der Waals surface area (Å²) in [6.07, 6.45) is 1.23. The average Bonchev–Trinajstić information content (AvgIpc) is 2.92. The van der Waals surface area contributed by atoms with Crippen molar-refractivity contribution >= 4 is 39.8 Å². The van der Waals surface area contributed by atoms with Crippen LogP contribution in [0.4, 0.5) is 4.79 Å². The number of carbonyl (C=O) groups excluding carboxylic acids is 1. The monoisotopic (exact) mass is 403 g/mol. The van der Waals surface area contributed by atoms with Gasteiger partial charge in [0.1, 0.15) is 11.4 Å². The fourth-order valence-corrected chi connectivity index (χ4v) is 4.05. The van der Waals surface area contributed by atoms with Gasteiger partial charge < -0.3 is 9.29 Å². The molecule has 0 bridgehead atoms. The van der Waals surface area contributed by atoms with Crippen molar-refractivity contribution in [2.24, 2.45) is 0 Å². The van der Waals surface area contributed by atoms with Crippen molar-refractivity contribution in [3.05, 3.63) is 64.8 Å². The summed E-state index contributed by atoms with van der Waals surface area (Å²) in [5.74, 6) is 0.287. The van der Waals surface area contributed by atoms with E-state index in [1.807, 2.05) is 52.0 Å². The van der Waals surface area contributed by atoms with Crippen molar-refractivity contribution in [1.82, 2.24) is 4.57 Å². The third-order valence-corrected chi connectivity index (χ3v) is 5.62. The van der Waals surface area contributed by atoms with E-state index in [-0.39, 0.29) is 5.75 Å². The van der Waals surface area contributed by atoms with Crippen molar-refractivity contribution in [1.29, 1.82) is 0 Å². The van der Waals surface area contributed by atoms with Gasteiger partial charge in [-0.2, -0.15) is 0 Å². The Morgan fingerprint density at radius 3 is 2.48 bits per heavy atom. The van der Waals surface area contributed by atoms with Gasteiger partial charge >= 0.3 is 6.09 Å². The topological polar surface area (TPSA) is 54.3 Å². The smallest absolute Gasteiger partial charge is 0.419 e. The van der Waals surface area contributed by atoms with Crippen LogP contribution in [0.1, 0.15) is 31.9 Å². The van der Waals surface area contributed by atoms with Crippen molar-refractivity contribution < 1.29 is 14.1 Å². The molecule has 3 aromatic rings. The third-order valence-electron chi connectivity index (χ3n) is 4.01. The molecule has 0 amide bonds. The number of ether oxygens (including phenoxy) is 1. The van der Waals surface area contributed by atoms with Crippen LogP contribution in [0.3, 0.4) is 0 Å². The number of aromatic nitrogens is 1. The van der Waals surface area contributed by atoms with E-state index in [9.17, 15) is 9.35 Å². The van der Waals surface area contributed by atoms with Gasteiger partial charge in [0.2, 0.25) is 0 Å². The van der Waals surface area contributed by atoms with Crippen LogP contribution in [-0.2, 0) is 21.7 Å². The van der Waals surface area contributed by atoms with Crippen molar-refractivity contribution in [2.75, 3.05) is 0 Å². The molecule has 0 spiro atoms. The van der Waals surface area contributed by atoms with Gasteiger partial charge in [0.15, 0.2) is 4.90 Å². The first-order valence-electron chi connectivity index (χ1n) is 8.62. The lowest BCUT2D eigenvalue weighted by Gasteiger charge is -2.19. The van der Waals surface area contributed by atoms with E-state index in [1.54, 1.807) is 24.4 Å². The van der Waals surface area contributed by atoms with Gasteiger partial charge in [0, 0.05) is 22.2 Å². The van der Waals surface area contributed by atoms with Crippen LogP contribution in [0.25, 0.3) is 10.9 Å². The Morgan fingerprint density at radius 1 is 1.19 bits per heavy atom. The van der Waals surface area contributed by atoms with E-state index in [2.05, 4.69) is 0 Å². The third kappa shape index (κ3) is 4.67. The van der Waals surface area contributed by atoms with Crippen LogP contribution < -0.4 is 0 Å². The minimum atomic E-state index is -1.23. The molecule has 0 aliphatic heterocycles. The fraction of sp³-hybridized carbons (Fsp3) is 0.286. The van der Waals surface area contributed by atoms with E-state index in [1.165, 1.54) is 4.57 Å². The van der Waals surface area contributed by atoms with E-state index >= 15 is 0 Å². The van der Waals surface area contributed by atoms with Gasteiger partial charge in [-0.15, -0.1) is 0 Å². The molecule has 1 unspecified atom stereocenters. The molecule has 0 saturated heterocycles. The minimum Gasteiger partial charge on any atom is -0.611 e. The van der Waals surface area contributed by atoms with Crippen LogP contribution in [-0.4, -0.2) is 20.8 Å². The van der Waals surface area contributed by atoms with Crippen LogP contribution in [0.15, 0.2) is 53.6 Å². The number of carbonyl (C=O) groups is 1. The summed E-state index contributed by atoms with van der Waals surface area (Å²) in [4.78, 5) is 13.3. The van der Waals surface area contributed by atoms with Gasteiger partial charge in [0.05, 0.1) is 5.52 Å². The first kappa shape index (κ1) is 19.8. The molecule has 0 radical (unpaired) electrons. The number of aryl methyl sites for hydroxylation is 1. The lowest BCUT2D eigenvalue weighted by atomic mass is 10.2. The summed E-state index contributed by atoms with van der Waals surface area (Å²) in [6.45, 7) is 7.45.